The fraction of sp³-hybridized carbons (Fsp3) is 0.917. The maximum absolute atomic E-state index is 12.0. The number of piperazine rings is 1. The van der Waals surface area contributed by atoms with Crippen LogP contribution in [-0.4, -0.2) is 50.0 Å². The van der Waals surface area contributed by atoms with Gasteiger partial charge in [-0.3, -0.25) is 0 Å². The Labute approximate surface area is 106 Å². The van der Waals surface area contributed by atoms with E-state index in [1.165, 1.54) is 0 Å². The van der Waals surface area contributed by atoms with E-state index in [0.29, 0.717) is 6.61 Å². The first-order chi connectivity index (χ1) is 7.70. The van der Waals surface area contributed by atoms with Gasteiger partial charge < -0.3 is 15.0 Å². The van der Waals surface area contributed by atoms with Gasteiger partial charge in [0.25, 0.3) is 0 Å². The molecule has 4 nitrogen and oxygen atoms in total. The van der Waals surface area contributed by atoms with Gasteiger partial charge >= 0.3 is 6.09 Å². The van der Waals surface area contributed by atoms with Crippen molar-refractivity contribution in [1.82, 2.24) is 10.2 Å². The third kappa shape index (κ3) is 3.22. The fourth-order valence-corrected chi connectivity index (χ4v) is 6.50. The lowest BCUT2D eigenvalue weighted by atomic mass is 10.0. The van der Waals surface area contributed by atoms with Crippen LogP contribution in [0.1, 0.15) is 20.8 Å². The first-order valence-corrected chi connectivity index (χ1v) is 9.96. The van der Waals surface area contributed by atoms with Gasteiger partial charge in [-0.05, 0) is 20.8 Å². The topological polar surface area (TPSA) is 41.6 Å². The summed E-state index contributed by atoms with van der Waals surface area (Å²) < 4.78 is 5.18. The van der Waals surface area contributed by atoms with Crippen LogP contribution in [0.25, 0.3) is 0 Å². The van der Waals surface area contributed by atoms with Gasteiger partial charge in [0.2, 0.25) is 0 Å². The van der Waals surface area contributed by atoms with Crippen molar-refractivity contribution in [3.8, 4) is 0 Å². The minimum atomic E-state index is -1.48. The number of amides is 1. The summed E-state index contributed by atoms with van der Waals surface area (Å²) in [5, 5.41) is 3.53. The second-order valence-electron chi connectivity index (χ2n) is 6.31. The molecule has 1 heterocycles. The van der Waals surface area contributed by atoms with Crippen molar-refractivity contribution < 1.29 is 9.53 Å². The molecule has 1 rings (SSSR count). The van der Waals surface area contributed by atoms with Crippen LogP contribution in [-0.2, 0) is 4.74 Å². The number of nitrogens with one attached hydrogen (secondary N) is 1. The van der Waals surface area contributed by atoms with Crippen molar-refractivity contribution >= 4 is 14.2 Å². The summed E-state index contributed by atoms with van der Waals surface area (Å²) in [7, 11) is -1.48. The summed E-state index contributed by atoms with van der Waals surface area (Å²) in [4.78, 5) is 14.0. The Balaban J connectivity index is 2.97. The second-order valence-corrected chi connectivity index (χ2v) is 11.6. The molecule has 5 heteroatoms. The average Bonchev–Trinajstić information content (AvgIpc) is 2.14. The molecule has 0 aromatic carbocycles. The minimum Gasteiger partial charge on any atom is -0.450 e. The molecular weight excluding hydrogens is 232 g/mol. The molecule has 17 heavy (non-hydrogen) atoms. The van der Waals surface area contributed by atoms with E-state index in [1.807, 2.05) is 11.8 Å². The molecule has 100 valence electrons. The summed E-state index contributed by atoms with van der Waals surface area (Å²) in [5.41, 5.74) is 0.234. The highest BCUT2D eigenvalue weighted by molar-refractivity contribution is 6.78. The Kier molecular flexibility index (Phi) is 4.25. The fourth-order valence-electron chi connectivity index (χ4n) is 3.07. The van der Waals surface area contributed by atoms with E-state index >= 15 is 0 Å². The molecule has 1 atom stereocenters. The lowest BCUT2D eigenvalue weighted by Gasteiger charge is -2.51. The van der Waals surface area contributed by atoms with E-state index < -0.39 is 8.07 Å². The Bertz CT molecular complexity index is 287. The van der Waals surface area contributed by atoms with Gasteiger partial charge in [0.15, 0.2) is 0 Å². The first-order valence-electron chi connectivity index (χ1n) is 6.38. The molecular formula is C12H26N2O2Si. The van der Waals surface area contributed by atoms with Crippen LogP contribution < -0.4 is 5.32 Å². The SMILES string of the molecule is CCOC(=O)N1CCNC(C)(C)C1[Si](C)(C)C. The third-order valence-electron chi connectivity index (χ3n) is 3.25. The number of ether oxygens (including phenoxy) is 1. The van der Waals surface area contributed by atoms with Crippen LogP contribution in [0.4, 0.5) is 4.79 Å². The highest BCUT2D eigenvalue weighted by atomic mass is 28.3. The summed E-state index contributed by atoms with van der Waals surface area (Å²) >= 11 is 0. The summed E-state index contributed by atoms with van der Waals surface area (Å²) in [6.07, 6.45) is -0.158. The van der Waals surface area contributed by atoms with Gasteiger partial charge in [-0.25, -0.2) is 4.79 Å². The highest BCUT2D eigenvalue weighted by Gasteiger charge is 2.47. The number of nitrogens with zero attached hydrogens (tertiary/aromatic N) is 1. The van der Waals surface area contributed by atoms with Crippen molar-refractivity contribution in [2.24, 2.45) is 0 Å². The molecule has 0 aromatic rings. The van der Waals surface area contributed by atoms with E-state index in [2.05, 4.69) is 38.8 Å². The lowest BCUT2D eigenvalue weighted by Crippen LogP contribution is -2.72. The monoisotopic (exact) mass is 258 g/mol. The molecule has 1 N–H and O–H groups in total. The number of carbonyl (C=O) groups is 1. The molecule has 1 aliphatic heterocycles. The average molecular weight is 258 g/mol. The predicted octanol–water partition coefficient (Wildman–Crippen LogP) is 2.07. The molecule has 1 saturated heterocycles. The third-order valence-corrected chi connectivity index (χ3v) is 5.93. The maximum atomic E-state index is 12.0. The van der Waals surface area contributed by atoms with Crippen LogP contribution in [0.15, 0.2) is 0 Å². The second kappa shape index (κ2) is 4.98. The van der Waals surface area contributed by atoms with E-state index in [-0.39, 0.29) is 17.3 Å². The van der Waals surface area contributed by atoms with Crippen LogP contribution in [0.5, 0.6) is 0 Å². The zero-order valence-corrected chi connectivity index (χ0v) is 13.0. The predicted molar refractivity (Wildman–Crippen MR) is 72.9 cm³/mol. The van der Waals surface area contributed by atoms with Gasteiger partial charge in [0.05, 0.1) is 14.7 Å². The number of rotatable bonds is 2. The Morgan fingerprint density at radius 3 is 2.53 bits per heavy atom. The van der Waals surface area contributed by atoms with Crippen LogP contribution in [0.3, 0.4) is 0 Å². The number of hydrogen-bond acceptors (Lipinski definition) is 3. The van der Waals surface area contributed by atoms with Crippen molar-refractivity contribution in [3.63, 3.8) is 0 Å². The zero-order chi connectivity index (χ0) is 13.3. The number of hydrogen-bond donors (Lipinski definition) is 1. The van der Waals surface area contributed by atoms with E-state index in [1.54, 1.807) is 0 Å². The molecule has 1 aliphatic rings. The van der Waals surface area contributed by atoms with Gasteiger partial charge in [-0.1, -0.05) is 19.6 Å². The standard InChI is InChI=1S/C12H26N2O2Si/c1-7-16-11(15)14-9-8-13-12(2,3)10(14)17(4,5)6/h10,13H,7-9H2,1-6H3. The number of carbonyl (C=O) groups excluding carboxylic acids is 1. The van der Waals surface area contributed by atoms with E-state index in [4.69, 9.17) is 4.74 Å². The molecule has 0 radical (unpaired) electrons. The summed E-state index contributed by atoms with van der Waals surface area (Å²) in [5.74, 6) is 0. The van der Waals surface area contributed by atoms with Crippen molar-refractivity contribution in [2.75, 3.05) is 19.7 Å². The van der Waals surface area contributed by atoms with Crippen molar-refractivity contribution in [1.29, 1.82) is 0 Å². The van der Waals surface area contributed by atoms with E-state index in [0.717, 1.165) is 13.1 Å². The van der Waals surface area contributed by atoms with E-state index in [9.17, 15) is 4.79 Å². The molecule has 0 aliphatic carbocycles. The molecule has 1 amide bonds. The van der Waals surface area contributed by atoms with Crippen LogP contribution in [0, 0.1) is 0 Å². The lowest BCUT2D eigenvalue weighted by molar-refractivity contribution is 0.0692. The van der Waals surface area contributed by atoms with Crippen LogP contribution in [0.2, 0.25) is 19.6 Å². The normalized spacial score (nSPS) is 24.6. The molecule has 1 fully saturated rings. The Morgan fingerprint density at radius 2 is 2.06 bits per heavy atom. The highest BCUT2D eigenvalue weighted by Crippen LogP contribution is 2.28. The first kappa shape index (κ1) is 14.5. The Morgan fingerprint density at radius 1 is 1.47 bits per heavy atom. The largest absolute Gasteiger partial charge is 0.450 e. The molecule has 0 spiro atoms. The molecule has 0 saturated carbocycles. The van der Waals surface area contributed by atoms with Crippen molar-refractivity contribution in [2.45, 2.75) is 51.6 Å². The Hall–Kier alpha value is -0.553. The summed E-state index contributed by atoms with van der Waals surface area (Å²) in [6, 6.07) is 0. The maximum Gasteiger partial charge on any atom is 0.409 e. The molecule has 0 aromatic heterocycles. The minimum absolute atomic E-state index is 0.0323. The molecule has 0 bridgehead atoms. The van der Waals surface area contributed by atoms with Crippen molar-refractivity contribution in [3.05, 3.63) is 0 Å². The smallest absolute Gasteiger partial charge is 0.409 e. The van der Waals surface area contributed by atoms with Crippen LogP contribution >= 0.6 is 0 Å². The zero-order valence-electron chi connectivity index (χ0n) is 12.0. The quantitative estimate of drug-likeness (QED) is 0.771. The molecule has 1 unspecified atom stereocenters. The summed E-state index contributed by atoms with van der Waals surface area (Å²) in [6.45, 7) is 15.2. The van der Waals surface area contributed by atoms with Gasteiger partial charge in [-0.15, -0.1) is 0 Å². The van der Waals surface area contributed by atoms with Gasteiger partial charge in [0.1, 0.15) is 0 Å². The van der Waals surface area contributed by atoms with Gasteiger partial charge in [-0.2, -0.15) is 0 Å². The van der Waals surface area contributed by atoms with Gasteiger partial charge in [0, 0.05) is 24.3 Å².